The first kappa shape index (κ1) is 24.7. The van der Waals surface area contributed by atoms with E-state index in [9.17, 15) is 28.4 Å². The maximum Gasteiger partial charge on any atom is 0.270 e. The van der Waals surface area contributed by atoms with Gasteiger partial charge in [-0.3, -0.25) is 19.6 Å². The average molecular weight is 486 g/mol. The number of carbonyl (C=O) groups is 1. The molecular weight excluding hydrogens is 462 g/mol. The summed E-state index contributed by atoms with van der Waals surface area (Å²) in [6.45, 7) is 1.89. The second-order valence-electron chi connectivity index (χ2n) is 7.43. The third-order valence-electron chi connectivity index (χ3n) is 4.67. The molecule has 178 valence electrons. The van der Waals surface area contributed by atoms with E-state index in [-0.39, 0.29) is 35.0 Å². The Morgan fingerprint density at radius 1 is 1.09 bits per heavy atom. The van der Waals surface area contributed by atoms with E-state index in [0.29, 0.717) is 5.75 Å². The van der Waals surface area contributed by atoms with Gasteiger partial charge in [-0.25, -0.2) is 8.42 Å². The highest BCUT2D eigenvalue weighted by molar-refractivity contribution is 7.92. The van der Waals surface area contributed by atoms with Crippen LogP contribution in [0.25, 0.3) is 0 Å². The largest absolute Gasteiger partial charge is 0.491 e. The Bertz CT molecular complexity index is 1280. The lowest BCUT2D eigenvalue weighted by molar-refractivity contribution is -0.385. The number of ether oxygens (including phenoxy) is 1. The molecule has 0 heterocycles. The van der Waals surface area contributed by atoms with Gasteiger partial charge < -0.3 is 15.2 Å². The van der Waals surface area contributed by atoms with Crippen molar-refractivity contribution < 1.29 is 28.0 Å². The molecule has 0 bridgehead atoms. The number of nitro groups is 1. The molecule has 10 nitrogen and oxygen atoms in total. The van der Waals surface area contributed by atoms with Crippen LogP contribution in [-0.4, -0.2) is 43.6 Å². The molecule has 1 atom stereocenters. The Kier molecular flexibility index (Phi) is 7.82. The summed E-state index contributed by atoms with van der Waals surface area (Å²) in [4.78, 5) is 22.3. The zero-order chi connectivity index (χ0) is 24.7. The molecule has 0 aliphatic heterocycles. The van der Waals surface area contributed by atoms with E-state index in [1.807, 2.05) is 25.1 Å². The van der Waals surface area contributed by atoms with E-state index in [0.717, 1.165) is 11.6 Å². The minimum atomic E-state index is -4.06. The Morgan fingerprint density at radius 3 is 2.47 bits per heavy atom. The quantitative estimate of drug-likeness (QED) is 0.295. The molecule has 0 saturated heterocycles. The van der Waals surface area contributed by atoms with Gasteiger partial charge in [0.15, 0.2) is 0 Å². The first-order valence-electron chi connectivity index (χ1n) is 10.2. The number of sulfonamides is 1. The third-order valence-corrected chi connectivity index (χ3v) is 6.05. The van der Waals surface area contributed by atoms with Crippen LogP contribution in [0, 0.1) is 17.0 Å². The first-order chi connectivity index (χ1) is 16.1. The van der Waals surface area contributed by atoms with E-state index in [1.165, 1.54) is 42.5 Å². The number of non-ortho nitro benzene ring substituents is 1. The number of aliphatic hydroxyl groups excluding tert-OH is 1. The maximum atomic E-state index is 12.5. The van der Waals surface area contributed by atoms with Gasteiger partial charge in [0, 0.05) is 29.9 Å². The summed E-state index contributed by atoms with van der Waals surface area (Å²) in [6, 6.07) is 17.6. The zero-order valence-electron chi connectivity index (χ0n) is 18.2. The second-order valence-corrected chi connectivity index (χ2v) is 9.11. The van der Waals surface area contributed by atoms with Crippen molar-refractivity contribution in [3.8, 4) is 5.75 Å². The van der Waals surface area contributed by atoms with Gasteiger partial charge in [0.25, 0.3) is 21.6 Å². The lowest BCUT2D eigenvalue weighted by atomic mass is 10.2. The number of carbonyl (C=O) groups excluding carboxylic acids is 1. The lowest BCUT2D eigenvalue weighted by Crippen LogP contribution is -2.35. The van der Waals surface area contributed by atoms with Crippen LogP contribution < -0.4 is 14.8 Å². The molecule has 11 heteroatoms. The number of aliphatic hydroxyl groups is 1. The summed E-state index contributed by atoms with van der Waals surface area (Å²) in [6.07, 6.45) is -0.925. The molecule has 3 rings (SSSR count). The molecule has 0 aliphatic carbocycles. The van der Waals surface area contributed by atoms with E-state index >= 15 is 0 Å². The van der Waals surface area contributed by atoms with Gasteiger partial charge in [-0.15, -0.1) is 0 Å². The van der Waals surface area contributed by atoms with Gasteiger partial charge in [-0.05, 0) is 55.0 Å². The Labute approximate surface area is 196 Å². The predicted molar refractivity (Wildman–Crippen MR) is 125 cm³/mol. The second kappa shape index (κ2) is 10.8. The smallest absolute Gasteiger partial charge is 0.270 e. The summed E-state index contributed by atoms with van der Waals surface area (Å²) in [7, 11) is -4.06. The van der Waals surface area contributed by atoms with Crippen LogP contribution in [0.5, 0.6) is 5.75 Å². The van der Waals surface area contributed by atoms with Crippen molar-refractivity contribution in [1.29, 1.82) is 0 Å². The number of amides is 1. The molecule has 0 fully saturated rings. The van der Waals surface area contributed by atoms with Crippen LogP contribution >= 0.6 is 0 Å². The number of nitro benzene ring substituents is 1. The summed E-state index contributed by atoms with van der Waals surface area (Å²) >= 11 is 0. The van der Waals surface area contributed by atoms with Gasteiger partial charge in [0.05, 0.1) is 9.82 Å². The molecule has 3 N–H and O–H groups in total. The van der Waals surface area contributed by atoms with E-state index in [2.05, 4.69) is 10.0 Å². The molecular formula is C23H23N3O7S. The number of nitrogens with one attached hydrogen (secondary N) is 2. The minimum absolute atomic E-state index is 0.00208. The SMILES string of the molecule is Cc1cccc(OCC(O)CNC(=O)c2ccc(NS(=O)(=O)c3cccc([N+](=O)[O-])c3)cc2)c1. The van der Waals surface area contributed by atoms with E-state index in [4.69, 9.17) is 4.74 Å². The molecule has 0 spiro atoms. The number of hydrogen-bond acceptors (Lipinski definition) is 7. The summed E-state index contributed by atoms with van der Waals surface area (Å²) in [5.74, 6) is 0.163. The summed E-state index contributed by atoms with van der Waals surface area (Å²) < 4.78 is 32.8. The zero-order valence-corrected chi connectivity index (χ0v) is 19.0. The molecule has 0 aromatic heterocycles. The molecule has 0 saturated carbocycles. The standard InChI is InChI=1S/C23H23N3O7S/c1-16-4-2-6-21(12-16)33-15-20(27)14-24-23(28)17-8-10-18(11-9-17)25-34(31,32)22-7-3-5-19(13-22)26(29)30/h2-13,20,25,27H,14-15H2,1H3,(H,24,28). The number of benzene rings is 3. The molecule has 1 amide bonds. The number of anilines is 1. The maximum absolute atomic E-state index is 12.5. The predicted octanol–water partition coefficient (Wildman–Crippen LogP) is 2.87. The van der Waals surface area contributed by atoms with Crippen LogP contribution in [0.15, 0.2) is 77.7 Å². The fourth-order valence-electron chi connectivity index (χ4n) is 2.94. The Balaban J connectivity index is 1.53. The number of rotatable bonds is 10. The van der Waals surface area contributed by atoms with Crippen molar-refractivity contribution in [1.82, 2.24) is 5.32 Å². The normalized spacial score (nSPS) is 11.9. The van der Waals surface area contributed by atoms with Crippen molar-refractivity contribution in [3.05, 3.63) is 94.0 Å². The highest BCUT2D eigenvalue weighted by Crippen LogP contribution is 2.21. The van der Waals surface area contributed by atoms with Crippen LogP contribution in [0.2, 0.25) is 0 Å². The fourth-order valence-corrected chi connectivity index (χ4v) is 4.03. The highest BCUT2D eigenvalue weighted by atomic mass is 32.2. The average Bonchev–Trinajstić information content (AvgIpc) is 2.81. The van der Waals surface area contributed by atoms with Gasteiger partial charge in [-0.2, -0.15) is 0 Å². The van der Waals surface area contributed by atoms with Gasteiger partial charge in [0.2, 0.25) is 0 Å². The molecule has 3 aromatic rings. The van der Waals surface area contributed by atoms with E-state index < -0.39 is 27.0 Å². The van der Waals surface area contributed by atoms with Crippen molar-refractivity contribution in [2.75, 3.05) is 17.9 Å². The lowest BCUT2D eigenvalue weighted by Gasteiger charge is -2.14. The molecule has 0 radical (unpaired) electrons. The molecule has 3 aromatic carbocycles. The molecule has 34 heavy (non-hydrogen) atoms. The number of nitrogens with zero attached hydrogens (tertiary/aromatic N) is 1. The van der Waals surface area contributed by atoms with Crippen molar-refractivity contribution in [2.45, 2.75) is 17.9 Å². The van der Waals surface area contributed by atoms with Crippen LogP contribution in [0.3, 0.4) is 0 Å². The van der Waals surface area contributed by atoms with Crippen molar-refractivity contribution >= 4 is 27.3 Å². The number of aryl methyl sites for hydroxylation is 1. The first-order valence-corrected chi connectivity index (χ1v) is 11.7. The minimum Gasteiger partial charge on any atom is -0.491 e. The Hall–Kier alpha value is -3.96. The summed E-state index contributed by atoms with van der Waals surface area (Å²) in [5, 5.41) is 23.5. The van der Waals surface area contributed by atoms with Gasteiger partial charge in [-0.1, -0.05) is 18.2 Å². The molecule has 1 unspecified atom stereocenters. The Morgan fingerprint density at radius 2 is 1.79 bits per heavy atom. The highest BCUT2D eigenvalue weighted by Gasteiger charge is 2.18. The van der Waals surface area contributed by atoms with Crippen molar-refractivity contribution in [2.24, 2.45) is 0 Å². The topological polar surface area (TPSA) is 148 Å². The molecule has 0 aliphatic rings. The van der Waals surface area contributed by atoms with Gasteiger partial charge in [0.1, 0.15) is 18.5 Å². The van der Waals surface area contributed by atoms with Crippen molar-refractivity contribution in [3.63, 3.8) is 0 Å². The van der Waals surface area contributed by atoms with Crippen LogP contribution in [-0.2, 0) is 10.0 Å². The van der Waals surface area contributed by atoms with Crippen LogP contribution in [0.4, 0.5) is 11.4 Å². The third kappa shape index (κ3) is 6.77. The van der Waals surface area contributed by atoms with E-state index in [1.54, 1.807) is 6.07 Å². The summed E-state index contributed by atoms with van der Waals surface area (Å²) in [5.41, 5.74) is 1.11. The van der Waals surface area contributed by atoms with Crippen LogP contribution in [0.1, 0.15) is 15.9 Å². The monoisotopic (exact) mass is 485 g/mol. The fraction of sp³-hybridized carbons (Fsp3) is 0.174. The van der Waals surface area contributed by atoms with Gasteiger partial charge >= 0.3 is 0 Å². The number of hydrogen-bond donors (Lipinski definition) is 3.